The predicted octanol–water partition coefficient (Wildman–Crippen LogP) is 6.50. The fraction of sp³-hybridized carbons (Fsp3) is 0.367. The summed E-state index contributed by atoms with van der Waals surface area (Å²) in [5.41, 5.74) is 5.16. The lowest BCUT2D eigenvalue weighted by Crippen LogP contribution is -2.49. The maximum Gasteiger partial charge on any atom is 0.253 e. The minimum Gasteiger partial charge on any atom is -0.496 e. The first-order valence-corrected chi connectivity index (χ1v) is 12.7. The summed E-state index contributed by atoms with van der Waals surface area (Å²) in [5, 5.41) is 0.729. The number of piperazine rings is 1. The third-order valence-electron chi connectivity index (χ3n) is 6.72. The molecular weight excluding hydrogens is 472 g/mol. The van der Waals surface area contributed by atoms with Gasteiger partial charge in [-0.05, 0) is 65.9 Å². The molecule has 0 saturated carbocycles. The van der Waals surface area contributed by atoms with Crippen LogP contribution in [0.15, 0.2) is 60.7 Å². The number of methoxy groups -OCH3 is 1. The van der Waals surface area contributed by atoms with E-state index < -0.39 is 0 Å². The van der Waals surface area contributed by atoms with Crippen LogP contribution in [0.2, 0.25) is 5.02 Å². The molecule has 1 heterocycles. The topological polar surface area (TPSA) is 42.0 Å². The van der Waals surface area contributed by atoms with Crippen molar-refractivity contribution < 1.29 is 14.3 Å². The number of amides is 1. The summed E-state index contributed by atoms with van der Waals surface area (Å²) >= 11 is 6.21. The minimum absolute atomic E-state index is 0.0240. The number of anilines is 1. The first-order chi connectivity index (χ1) is 17.2. The maximum absolute atomic E-state index is 13.3. The number of halogens is 1. The van der Waals surface area contributed by atoms with Gasteiger partial charge in [-0.15, -0.1) is 0 Å². The number of benzene rings is 3. The fourth-order valence-electron chi connectivity index (χ4n) is 4.49. The first-order valence-electron chi connectivity index (χ1n) is 12.4. The second kappa shape index (κ2) is 10.8. The number of hydrogen-bond donors (Lipinski definition) is 0. The van der Waals surface area contributed by atoms with Crippen LogP contribution >= 0.6 is 11.6 Å². The van der Waals surface area contributed by atoms with Crippen molar-refractivity contribution >= 4 is 23.2 Å². The molecule has 36 heavy (non-hydrogen) atoms. The van der Waals surface area contributed by atoms with Crippen LogP contribution in [-0.2, 0) is 12.0 Å². The molecule has 3 aromatic carbocycles. The number of nitrogens with zero attached hydrogens (tertiary/aromatic N) is 2. The molecule has 0 unspecified atom stereocenters. The molecule has 190 valence electrons. The number of aryl methyl sites for hydroxylation is 1. The molecule has 0 aromatic heterocycles. The molecule has 0 bridgehead atoms. The zero-order valence-corrected chi connectivity index (χ0v) is 22.6. The Bertz CT molecular complexity index is 1210. The molecule has 0 spiro atoms. The Kier molecular flexibility index (Phi) is 7.79. The van der Waals surface area contributed by atoms with Crippen molar-refractivity contribution in [3.05, 3.63) is 87.9 Å². The Morgan fingerprint density at radius 2 is 1.64 bits per heavy atom. The summed E-state index contributed by atoms with van der Waals surface area (Å²) in [5.74, 6) is 1.52. The lowest BCUT2D eigenvalue weighted by molar-refractivity contribution is 0.0746. The van der Waals surface area contributed by atoms with Gasteiger partial charge in [-0.2, -0.15) is 0 Å². The summed E-state index contributed by atoms with van der Waals surface area (Å²) in [6.07, 6.45) is 0. The molecule has 5 nitrogen and oxygen atoms in total. The van der Waals surface area contributed by atoms with Crippen molar-refractivity contribution in [1.82, 2.24) is 4.90 Å². The van der Waals surface area contributed by atoms with Crippen LogP contribution in [-0.4, -0.2) is 44.1 Å². The van der Waals surface area contributed by atoms with E-state index in [4.69, 9.17) is 21.1 Å². The van der Waals surface area contributed by atoms with Gasteiger partial charge in [0.1, 0.15) is 18.1 Å². The van der Waals surface area contributed by atoms with Crippen molar-refractivity contribution in [3.63, 3.8) is 0 Å². The molecule has 6 heteroatoms. The van der Waals surface area contributed by atoms with E-state index in [-0.39, 0.29) is 11.3 Å². The van der Waals surface area contributed by atoms with E-state index in [1.54, 1.807) is 7.11 Å². The van der Waals surface area contributed by atoms with Gasteiger partial charge in [0.05, 0.1) is 7.11 Å². The van der Waals surface area contributed by atoms with Crippen LogP contribution in [0.4, 0.5) is 5.69 Å². The lowest BCUT2D eigenvalue weighted by atomic mass is 9.87. The number of hydrogen-bond acceptors (Lipinski definition) is 4. The zero-order chi connectivity index (χ0) is 25.9. The predicted molar refractivity (Wildman–Crippen MR) is 147 cm³/mol. The quantitative estimate of drug-likeness (QED) is 0.383. The van der Waals surface area contributed by atoms with E-state index in [2.05, 4.69) is 44.7 Å². The van der Waals surface area contributed by atoms with Gasteiger partial charge in [-0.1, -0.05) is 50.6 Å². The Hall–Kier alpha value is -3.18. The third-order valence-corrected chi connectivity index (χ3v) is 6.96. The number of ether oxygens (including phenoxy) is 2. The summed E-state index contributed by atoms with van der Waals surface area (Å²) in [6, 6.07) is 19.7. The minimum atomic E-state index is 0.0240. The SMILES string of the molecule is COc1ccc(C(=O)N2CCN(c3cc(Cl)ccc3C)CC2)cc1COc1ccc(C(C)(C)C)cc1. The highest BCUT2D eigenvalue weighted by atomic mass is 35.5. The Balaban J connectivity index is 1.42. The molecule has 0 atom stereocenters. The molecule has 1 fully saturated rings. The van der Waals surface area contributed by atoms with Crippen LogP contribution in [0.3, 0.4) is 0 Å². The summed E-state index contributed by atoms with van der Waals surface area (Å²) in [6.45, 7) is 11.8. The van der Waals surface area contributed by atoms with Gasteiger partial charge in [0.25, 0.3) is 5.91 Å². The molecule has 1 aliphatic rings. The highest BCUT2D eigenvalue weighted by Gasteiger charge is 2.24. The van der Waals surface area contributed by atoms with Crippen LogP contribution in [0.25, 0.3) is 0 Å². The monoisotopic (exact) mass is 506 g/mol. The molecule has 1 saturated heterocycles. The summed E-state index contributed by atoms with van der Waals surface area (Å²) in [4.78, 5) is 17.5. The van der Waals surface area contributed by atoms with Crippen molar-refractivity contribution in [2.75, 3.05) is 38.2 Å². The zero-order valence-electron chi connectivity index (χ0n) is 21.8. The van der Waals surface area contributed by atoms with E-state index in [0.29, 0.717) is 31.0 Å². The molecular formula is C30H35ClN2O3. The fourth-order valence-corrected chi connectivity index (χ4v) is 4.66. The second-order valence-corrected chi connectivity index (χ2v) is 10.7. The second-order valence-electron chi connectivity index (χ2n) is 10.3. The van der Waals surface area contributed by atoms with Gasteiger partial charge in [-0.3, -0.25) is 4.79 Å². The van der Waals surface area contributed by atoms with Gasteiger partial charge in [0, 0.05) is 48.0 Å². The van der Waals surface area contributed by atoms with E-state index >= 15 is 0 Å². The largest absolute Gasteiger partial charge is 0.496 e. The van der Waals surface area contributed by atoms with Crippen LogP contribution < -0.4 is 14.4 Å². The molecule has 3 aromatic rings. The average Bonchev–Trinajstić information content (AvgIpc) is 2.88. The molecule has 0 aliphatic carbocycles. The molecule has 1 amide bonds. The van der Waals surface area contributed by atoms with E-state index in [0.717, 1.165) is 35.1 Å². The standard InChI is InChI=1S/C30H35ClN2O3/c1-21-6-10-25(31)19-27(21)32-14-16-33(17-15-32)29(34)22-7-13-28(35-5)23(18-22)20-36-26-11-8-24(9-12-26)30(2,3)4/h6-13,18-19H,14-17,20H2,1-5H3. The molecule has 0 radical (unpaired) electrons. The normalized spacial score (nSPS) is 14.1. The van der Waals surface area contributed by atoms with Gasteiger partial charge in [0.2, 0.25) is 0 Å². The van der Waals surface area contributed by atoms with Gasteiger partial charge in [-0.25, -0.2) is 0 Å². The van der Waals surface area contributed by atoms with Gasteiger partial charge in [0.15, 0.2) is 0 Å². The van der Waals surface area contributed by atoms with Crippen LogP contribution in [0, 0.1) is 6.92 Å². The maximum atomic E-state index is 13.3. The van der Waals surface area contributed by atoms with Crippen molar-refractivity contribution in [2.24, 2.45) is 0 Å². The Morgan fingerprint density at radius 3 is 2.28 bits per heavy atom. The average molecular weight is 507 g/mol. The number of rotatable bonds is 6. The highest BCUT2D eigenvalue weighted by molar-refractivity contribution is 6.30. The third kappa shape index (κ3) is 5.96. The van der Waals surface area contributed by atoms with Gasteiger partial charge < -0.3 is 19.3 Å². The lowest BCUT2D eigenvalue weighted by Gasteiger charge is -2.37. The molecule has 1 aliphatic heterocycles. The summed E-state index contributed by atoms with van der Waals surface area (Å²) in [7, 11) is 1.63. The van der Waals surface area contributed by atoms with E-state index in [1.165, 1.54) is 11.1 Å². The summed E-state index contributed by atoms with van der Waals surface area (Å²) < 4.78 is 11.6. The van der Waals surface area contributed by atoms with Gasteiger partial charge >= 0.3 is 0 Å². The van der Waals surface area contributed by atoms with E-state index in [9.17, 15) is 4.79 Å². The van der Waals surface area contributed by atoms with Crippen molar-refractivity contribution in [3.8, 4) is 11.5 Å². The number of carbonyl (C=O) groups excluding carboxylic acids is 1. The van der Waals surface area contributed by atoms with Crippen molar-refractivity contribution in [1.29, 1.82) is 0 Å². The van der Waals surface area contributed by atoms with Crippen LogP contribution in [0.1, 0.15) is 47.8 Å². The molecule has 0 N–H and O–H groups in total. The number of carbonyl (C=O) groups is 1. The highest BCUT2D eigenvalue weighted by Crippen LogP contribution is 2.28. The molecule has 4 rings (SSSR count). The van der Waals surface area contributed by atoms with E-state index in [1.807, 2.05) is 53.4 Å². The van der Waals surface area contributed by atoms with Crippen molar-refractivity contribution in [2.45, 2.75) is 39.7 Å². The van der Waals surface area contributed by atoms with Crippen LogP contribution in [0.5, 0.6) is 11.5 Å². The Morgan fingerprint density at radius 1 is 0.944 bits per heavy atom. The first kappa shape index (κ1) is 25.9. The smallest absolute Gasteiger partial charge is 0.253 e. The Labute approximate surface area is 219 Å².